The van der Waals surface area contributed by atoms with Gasteiger partial charge in [0.05, 0.1) is 19.6 Å². The summed E-state index contributed by atoms with van der Waals surface area (Å²) >= 11 is 0. The van der Waals surface area contributed by atoms with Crippen LogP contribution in [-0.4, -0.2) is 12.1 Å². The van der Waals surface area contributed by atoms with Crippen LogP contribution >= 0.6 is 0 Å². The SMILES string of the molecule is COc1nc(F)cc(C(F)F)c1CC#N. The second-order valence-corrected chi connectivity index (χ2v) is 2.66. The first-order valence-electron chi connectivity index (χ1n) is 3.98. The molecule has 0 fully saturated rings. The molecule has 0 unspecified atom stereocenters. The van der Waals surface area contributed by atoms with Gasteiger partial charge in [-0.2, -0.15) is 14.6 Å². The molecule has 0 radical (unpaired) electrons. The fourth-order valence-electron chi connectivity index (χ4n) is 1.16. The molecule has 0 aromatic carbocycles. The number of nitrogens with zero attached hydrogens (tertiary/aromatic N) is 2. The summed E-state index contributed by atoms with van der Waals surface area (Å²) in [5.41, 5.74) is -0.627. The normalized spacial score (nSPS) is 10.1. The third-order valence-corrected chi connectivity index (χ3v) is 1.77. The Kier molecular flexibility index (Phi) is 3.50. The molecule has 0 aliphatic heterocycles. The van der Waals surface area contributed by atoms with E-state index in [4.69, 9.17) is 5.26 Å². The zero-order valence-corrected chi connectivity index (χ0v) is 7.80. The van der Waals surface area contributed by atoms with E-state index in [1.807, 2.05) is 0 Å². The lowest BCUT2D eigenvalue weighted by Crippen LogP contribution is -2.03. The highest BCUT2D eigenvalue weighted by atomic mass is 19.3. The first-order valence-corrected chi connectivity index (χ1v) is 3.98. The Morgan fingerprint density at radius 3 is 2.73 bits per heavy atom. The highest BCUT2D eigenvalue weighted by molar-refractivity contribution is 5.37. The minimum atomic E-state index is -2.86. The van der Waals surface area contributed by atoms with Crippen molar-refractivity contribution in [3.63, 3.8) is 0 Å². The highest BCUT2D eigenvalue weighted by Crippen LogP contribution is 2.29. The fourth-order valence-corrected chi connectivity index (χ4v) is 1.16. The summed E-state index contributed by atoms with van der Waals surface area (Å²) in [6, 6.07) is 2.31. The van der Waals surface area contributed by atoms with Crippen molar-refractivity contribution in [3.05, 3.63) is 23.1 Å². The Labute approximate surface area is 84.1 Å². The maximum absolute atomic E-state index is 12.8. The van der Waals surface area contributed by atoms with Crippen LogP contribution in [0.15, 0.2) is 6.07 Å². The zero-order valence-electron chi connectivity index (χ0n) is 7.80. The van der Waals surface area contributed by atoms with E-state index >= 15 is 0 Å². The van der Waals surface area contributed by atoms with E-state index in [0.29, 0.717) is 6.07 Å². The molecule has 0 spiro atoms. The van der Waals surface area contributed by atoms with Crippen molar-refractivity contribution in [3.8, 4) is 11.9 Å². The van der Waals surface area contributed by atoms with Gasteiger partial charge < -0.3 is 4.74 Å². The zero-order chi connectivity index (χ0) is 11.4. The van der Waals surface area contributed by atoms with Crippen LogP contribution in [-0.2, 0) is 6.42 Å². The van der Waals surface area contributed by atoms with Crippen LogP contribution in [0.4, 0.5) is 13.2 Å². The molecule has 0 aliphatic carbocycles. The number of alkyl halides is 2. The molecule has 0 saturated carbocycles. The Hall–Kier alpha value is -1.77. The average Bonchev–Trinajstić information content (AvgIpc) is 2.19. The molecule has 0 amide bonds. The van der Waals surface area contributed by atoms with Crippen LogP contribution in [0.25, 0.3) is 0 Å². The molecule has 1 rings (SSSR count). The van der Waals surface area contributed by atoms with Crippen LogP contribution in [0.3, 0.4) is 0 Å². The van der Waals surface area contributed by atoms with E-state index in [1.165, 1.54) is 7.11 Å². The van der Waals surface area contributed by atoms with E-state index in [-0.39, 0.29) is 17.9 Å². The topological polar surface area (TPSA) is 45.9 Å². The van der Waals surface area contributed by atoms with Crippen LogP contribution in [0.5, 0.6) is 5.88 Å². The first kappa shape index (κ1) is 11.3. The van der Waals surface area contributed by atoms with Gasteiger partial charge in [0.2, 0.25) is 11.8 Å². The maximum Gasteiger partial charge on any atom is 0.264 e. The van der Waals surface area contributed by atoms with E-state index in [2.05, 4.69) is 9.72 Å². The fraction of sp³-hybridized carbons (Fsp3) is 0.333. The van der Waals surface area contributed by atoms with Gasteiger partial charge in [-0.05, 0) is 0 Å². The average molecular weight is 216 g/mol. The number of pyridine rings is 1. The second-order valence-electron chi connectivity index (χ2n) is 2.66. The molecule has 0 saturated heterocycles. The number of aromatic nitrogens is 1. The van der Waals surface area contributed by atoms with Crippen molar-refractivity contribution >= 4 is 0 Å². The van der Waals surface area contributed by atoms with Gasteiger partial charge in [0.25, 0.3) is 6.43 Å². The van der Waals surface area contributed by atoms with Gasteiger partial charge in [-0.1, -0.05) is 0 Å². The van der Waals surface area contributed by atoms with Gasteiger partial charge in [0, 0.05) is 17.2 Å². The van der Waals surface area contributed by atoms with Crippen molar-refractivity contribution in [2.24, 2.45) is 0 Å². The molecule has 0 atom stereocenters. The minimum Gasteiger partial charge on any atom is -0.481 e. The third-order valence-electron chi connectivity index (χ3n) is 1.77. The maximum atomic E-state index is 12.8. The lowest BCUT2D eigenvalue weighted by molar-refractivity contribution is 0.149. The quantitative estimate of drug-likeness (QED) is 0.728. The van der Waals surface area contributed by atoms with Crippen LogP contribution in [0.2, 0.25) is 0 Å². The van der Waals surface area contributed by atoms with Gasteiger partial charge in [0.1, 0.15) is 0 Å². The molecule has 6 heteroatoms. The van der Waals surface area contributed by atoms with Crippen LogP contribution in [0.1, 0.15) is 17.6 Å². The first-order chi connectivity index (χ1) is 7.10. The van der Waals surface area contributed by atoms with Gasteiger partial charge in [-0.3, -0.25) is 0 Å². The van der Waals surface area contributed by atoms with Crippen molar-refractivity contribution in [2.75, 3.05) is 7.11 Å². The highest BCUT2D eigenvalue weighted by Gasteiger charge is 2.19. The second kappa shape index (κ2) is 4.64. The van der Waals surface area contributed by atoms with E-state index in [9.17, 15) is 13.2 Å². The van der Waals surface area contributed by atoms with Gasteiger partial charge in [-0.15, -0.1) is 0 Å². The number of ether oxygens (including phenoxy) is 1. The largest absolute Gasteiger partial charge is 0.481 e. The summed E-state index contributed by atoms with van der Waals surface area (Å²) in [6.45, 7) is 0. The van der Waals surface area contributed by atoms with E-state index in [0.717, 1.165) is 0 Å². The molecule has 80 valence electrons. The summed E-state index contributed by atoms with van der Waals surface area (Å²) in [5, 5.41) is 8.44. The monoisotopic (exact) mass is 216 g/mol. The number of methoxy groups -OCH3 is 1. The van der Waals surface area contributed by atoms with Gasteiger partial charge >= 0.3 is 0 Å². The number of halogens is 3. The molecule has 3 nitrogen and oxygen atoms in total. The molecule has 1 aromatic heterocycles. The van der Waals surface area contributed by atoms with Gasteiger partial charge in [-0.25, -0.2) is 8.78 Å². The summed E-state index contributed by atoms with van der Waals surface area (Å²) in [7, 11) is 1.18. The molecule has 15 heavy (non-hydrogen) atoms. The lowest BCUT2D eigenvalue weighted by atomic mass is 10.1. The lowest BCUT2D eigenvalue weighted by Gasteiger charge is -2.09. The van der Waals surface area contributed by atoms with Crippen molar-refractivity contribution in [1.29, 1.82) is 5.26 Å². The van der Waals surface area contributed by atoms with Crippen molar-refractivity contribution in [2.45, 2.75) is 12.8 Å². The standard InChI is InChI=1S/C9H7F3N2O/c1-15-9-5(2-3-13)6(8(11)12)4-7(10)14-9/h4,8H,2H2,1H3. The summed E-state index contributed by atoms with van der Waals surface area (Å²) in [5.74, 6) is -1.32. The number of rotatable bonds is 3. The number of hydrogen-bond donors (Lipinski definition) is 0. The van der Waals surface area contributed by atoms with Crippen LogP contribution in [0, 0.1) is 17.3 Å². The predicted molar refractivity (Wildman–Crippen MR) is 45.0 cm³/mol. The molecular weight excluding hydrogens is 209 g/mol. The predicted octanol–water partition coefficient (Wildman–Crippen LogP) is 2.23. The van der Waals surface area contributed by atoms with Gasteiger partial charge in [0.15, 0.2) is 0 Å². The molecule has 1 aromatic rings. The molecule has 0 N–H and O–H groups in total. The third kappa shape index (κ3) is 2.37. The van der Waals surface area contributed by atoms with Crippen molar-refractivity contribution in [1.82, 2.24) is 4.98 Å². The Morgan fingerprint density at radius 2 is 2.27 bits per heavy atom. The molecule has 1 heterocycles. The Balaban J connectivity index is 3.34. The van der Waals surface area contributed by atoms with Crippen molar-refractivity contribution < 1.29 is 17.9 Å². The Bertz CT molecular complexity index is 401. The molecule has 0 aliphatic rings. The summed E-state index contributed by atoms with van der Waals surface area (Å²) in [6.07, 6.45) is -3.16. The summed E-state index contributed by atoms with van der Waals surface area (Å²) in [4.78, 5) is 3.28. The smallest absolute Gasteiger partial charge is 0.264 e. The summed E-state index contributed by atoms with van der Waals surface area (Å²) < 4.78 is 42.4. The molecule has 0 bridgehead atoms. The molecular formula is C9H7F3N2O. The minimum absolute atomic E-state index is 0.0728. The van der Waals surface area contributed by atoms with E-state index in [1.54, 1.807) is 6.07 Å². The van der Waals surface area contributed by atoms with Crippen LogP contribution < -0.4 is 4.74 Å². The number of hydrogen-bond acceptors (Lipinski definition) is 3. The Morgan fingerprint density at radius 1 is 1.60 bits per heavy atom. The van der Waals surface area contributed by atoms with E-state index < -0.39 is 17.9 Å². The number of nitriles is 1.